The molecule has 3 heterocycles. The van der Waals surface area contributed by atoms with Gasteiger partial charge in [-0.25, -0.2) is 5.87 Å². The summed E-state index contributed by atoms with van der Waals surface area (Å²) in [6.07, 6.45) is 3.67. The SMILES string of the molecule is N#CC(=C=[N-])C1=C(C#N)[C@H](c2cccs2)[C@H]([n+]2ccccc2)[C@@](O)(c2ccccc2)N1. The zero-order chi connectivity index (χ0) is 21.8. The Bertz CT molecular complexity index is 1250. The molecule has 0 aliphatic carbocycles. The molecule has 0 fully saturated rings. The monoisotopic (exact) mass is 423 g/mol. The molecule has 1 aliphatic heterocycles. The van der Waals surface area contributed by atoms with Crippen LogP contribution in [0, 0.1) is 22.7 Å². The van der Waals surface area contributed by atoms with Crippen LogP contribution in [0.3, 0.4) is 0 Å². The van der Waals surface area contributed by atoms with E-state index in [4.69, 9.17) is 0 Å². The first-order valence-electron chi connectivity index (χ1n) is 9.51. The normalized spacial score (nSPS) is 22.5. The van der Waals surface area contributed by atoms with Crippen molar-refractivity contribution in [3.05, 3.63) is 111 Å². The fraction of sp³-hybridized carbons (Fsp3) is 0.125. The molecule has 3 aromatic rings. The summed E-state index contributed by atoms with van der Waals surface area (Å²) in [5.74, 6) is 1.28. The molecular weight excluding hydrogens is 406 g/mol. The van der Waals surface area contributed by atoms with E-state index < -0.39 is 17.7 Å². The van der Waals surface area contributed by atoms with E-state index in [1.165, 1.54) is 11.3 Å². The Balaban J connectivity index is 2.09. The molecule has 7 heteroatoms. The molecule has 3 atom stereocenters. The van der Waals surface area contributed by atoms with Gasteiger partial charge in [-0.2, -0.15) is 15.1 Å². The lowest BCUT2D eigenvalue weighted by Crippen LogP contribution is -2.62. The second-order valence-electron chi connectivity index (χ2n) is 7.02. The molecule has 0 radical (unpaired) electrons. The Hall–Kier alpha value is -4.00. The molecule has 0 saturated heterocycles. The summed E-state index contributed by atoms with van der Waals surface area (Å²) >= 11 is 1.46. The number of rotatable bonds is 4. The molecule has 4 rings (SSSR count). The number of nitrogens with zero attached hydrogens (tertiary/aromatic N) is 4. The topological polar surface area (TPSA) is 106 Å². The molecule has 0 amide bonds. The number of pyridine rings is 1. The maximum Gasteiger partial charge on any atom is 0.227 e. The van der Waals surface area contributed by atoms with Crippen LogP contribution in [-0.4, -0.2) is 11.0 Å². The standard InChI is InChI=1S/C24H17N5OS/c25-14-17(15-26)22-19(16-27)21(20-10-7-13-31-20)23(29-11-5-2-6-12-29)24(30,28-22)18-8-3-1-4-9-18/h1-13,21,23,28,30H/t21-,23+,24+/m1/s1. The van der Waals surface area contributed by atoms with Gasteiger partial charge in [0.1, 0.15) is 6.07 Å². The van der Waals surface area contributed by atoms with E-state index in [0.29, 0.717) is 5.56 Å². The van der Waals surface area contributed by atoms with Crippen LogP contribution in [-0.2, 0) is 5.72 Å². The first-order chi connectivity index (χ1) is 15.1. The van der Waals surface area contributed by atoms with E-state index in [2.05, 4.69) is 11.4 Å². The molecule has 1 aliphatic rings. The molecular formula is C24H17N5OS. The highest BCUT2D eigenvalue weighted by Gasteiger charge is 2.56. The number of thiophene rings is 1. The lowest BCUT2D eigenvalue weighted by molar-refractivity contribution is -0.743. The van der Waals surface area contributed by atoms with Gasteiger partial charge in [-0.1, -0.05) is 42.5 Å². The number of allylic oxidation sites excluding steroid dienone is 2. The first-order valence-corrected chi connectivity index (χ1v) is 10.4. The minimum Gasteiger partial charge on any atom is -0.762 e. The molecule has 150 valence electrons. The van der Waals surface area contributed by atoms with Crippen molar-refractivity contribution in [2.24, 2.45) is 0 Å². The van der Waals surface area contributed by atoms with E-state index in [0.717, 1.165) is 4.88 Å². The van der Waals surface area contributed by atoms with Gasteiger partial charge in [-0.15, -0.1) is 11.3 Å². The highest BCUT2D eigenvalue weighted by Crippen LogP contribution is 2.48. The minimum absolute atomic E-state index is 0.0602. The van der Waals surface area contributed by atoms with Crippen LogP contribution in [0.25, 0.3) is 5.41 Å². The number of nitriles is 2. The van der Waals surface area contributed by atoms with Crippen LogP contribution in [0.4, 0.5) is 0 Å². The van der Waals surface area contributed by atoms with Gasteiger partial charge in [0.15, 0.2) is 12.4 Å². The molecule has 0 saturated carbocycles. The number of hydrogen-bond acceptors (Lipinski definition) is 5. The Morgan fingerprint density at radius 3 is 2.35 bits per heavy atom. The van der Waals surface area contributed by atoms with Gasteiger partial charge >= 0.3 is 0 Å². The zero-order valence-electron chi connectivity index (χ0n) is 16.3. The smallest absolute Gasteiger partial charge is 0.227 e. The Kier molecular flexibility index (Phi) is 5.49. The molecule has 0 spiro atoms. The molecule has 2 aromatic heterocycles. The van der Waals surface area contributed by atoms with Gasteiger partial charge in [0, 0.05) is 22.6 Å². The predicted molar refractivity (Wildman–Crippen MR) is 116 cm³/mol. The van der Waals surface area contributed by atoms with Crippen molar-refractivity contribution in [1.29, 1.82) is 10.5 Å². The molecule has 0 unspecified atom stereocenters. The van der Waals surface area contributed by atoms with Crippen molar-refractivity contribution in [2.75, 3.05) is 0 Å². The van der Waals surface area contributed by atoms with Gasteiger partial charge in [-0.3, -0.25) is 0 Å². The number of nitrogens with one attached hydrogen (secondary N) is 1. The van der Waals surface area contributed by atoms with Crippen LogP contribution >= 0.6 is 11.3 Å². The van der Waals surface area contributed by atoms with E-state index in [1.807, 2.05) is 82.8 Å². The lowest BCUT2D eigenvalue weighted by atomic mass is 9.75. The lowest BCUT2D eigenvalue weighted by Gasteiger charge is -2.42. The second kappa shape index (κ2) is 8.39. The third-order valence-corrected chi connectivity index (χ3v) is 6.31. The van der Waals surface area contributed by atoms with E-state index in [-0.39, 0.29) is 16.8 Å². The van der Waals surface area contributed by atoms with Crippen LogP contribution in [0.1, 0.15) is 22.4 Å². The summed E-state index contributed by atoms with van der Waals surface area (Å²) in [5.41, 5.74) is -1.09. The molecule has 6 nitrogen and oxygen atoms in total. The Morgan fingerprint density at radius 2 is 1.77 bits per heavy atom. The number of aromatic nitrogens is 1. The van der Waals surface area contributed by atoms with Crippen molar-refractivity contribution in [2.45, 2.75) is 17.7 Å². The van der Waals surface area contributed by atoms with Gasteiger partial charge in [0.2, 0.25) is 11.8 Å². The summed E-state index contributed by atoms with van der Waals surface area (Å²) in [5, 5.41) is 46.3. The quantitative estimate of drug-likeness (QED) is 0.382. The summed E-state index contributed by atoms with van der Waals surface area (Å²) in [7, 11) is 0. The Morgan fingerprint density at radius 1 is 1.06 bits per heavy atom. The zero-order valence-corrected chi connectivity index (χ0v) is 17.1. The first kappa shape index (κ1) is 20.3. The summed E-state index contributed by atoms with van der Waals surface area (Å²) in [6.45, 7) is 0. The second-order valence-corrected chi connectivity index (χ2v) is 8.00. The average Bonchev–Trinajstić information content (AvgIpc) is 3.35. The van der Waals surface area contributed by atoms with Gasteiger partial charge < -0.3 is 15.8 Å². The number of aliphatic hydroxyl groups is 1. The maximum atomic E-state index is 12.1. The van der Waals surface area contributed by atoms with Crippen molar-refractivity contribution in [3.63, 3.8) is 0 Å². The van der Waals surface area contributed by atoms with Gasteiger partial charge in [0.25, 0.3) is 0 Å². The molecule has 1 aromatic carbocycles. The third-order valence-electron chi connectivity index (χ3n) is 5.36. The highest BCUT2D eigenvalue weighted by atomic mass is 32.1. The fourth-order valence-electron chi connectivity index (χ4n) is 4.03. The molecule has 31 heavy (non-hydrogen) atoms. The number of benzene rings is 1. The van der Waals surface area contributed by atoms with Crippen molar-refractivity contribution in [3.8, 4) is 12.1 Å². The summed E-state index contributed by atoms with van der Waals surface area (Å²) in [4.78, 5) is 0.849. The van der Waals surface area contributed by atoms with Crippen molar-refractivity contribution < 1.29 is 9.67 Å². The third kappa shape index (κ3) is 3.44. The summed E-state index contributed by atoms with van der Waals surface area (Å²) in [6, 6.07) is 21.8. The van der Waals surface area contributed by atoms with Gasteiger partial charge in [0.05, 0.1) is 28.8 Å². The molecule has 0 bridgehead atoms. The van der Waals surface area contributed by atoms with Crippen LogP contribution < -0.4 is 9.88 Å². The van der Waals surface area contributed by atoms with Crippen LogP contribution in [0.15, 0.2) is 95.3 Å². The van der Waals surface area contributed by atoms with E-state index in [1.54, 1.807) is 12.1 Å². The number of hydrogen-bond donors (Lipinski definition) is 2. The van der Waals surface area contributed by atoms with E-state index >= 15 is 0 Å². The summed E-state index contributed by atoms with van der Waals surface area (Å²) < 4.78 is 1.86. The average molecular weight is 424 g/mol. The Labute approximate surface area is 183 Å². The highest BCUT2D eigenvalue weighted by molar-refractivity contribution is 7.10. The van der Waals surface area contributed by atoms with Crippen LogP contribution in [0.2, 0.25) is 0 Å². The van der Waals surface area contributed by atoms with E-state index in [9.17, 15) is 21.0 Å². The largest absolute Gasteiger partial charge is 0.762 e. The van der Waals surface area contributed by atoms with Gasteiger partial charge in [-0.05, 0) is 11.4 Å². The van der Waals surface area contributed by atoms with Crippen molar-refractivity contribution >= 4 is 17.2 Å². The van der Waals surface area contributed by atoms with Crippen LogP contribution in [0.5, 0.6) is 0 Å². The predicted octanol–water partition coefficient (Wildman–Crippen LogP) is 3.28. The van der Waals surface area contributed by atoms with Crippen molar-refractivity contribution in [1.82, 2.24) is 5.32 Å². The minimum atomic E-state index is -1.70. The maximum absolute atomic E-state index is 12.1. The fourth-order valence-corrected chi connectivity index (χ4v) is 4.90. The molecule has 2 N–H and O–H groups in total.